The molecule has 1 aromatic carbocycles. The first-order valence-corrected chi connectivity index (χ1v) is 21.7. The summed E-state index contributed by atoms with van der Waals surface area (Å²) in [7, 11) is 0. The van der Waals surface area contributed by atoms with E-state index in [0.29, 0.717) is 19.4 Å². The van der Waals surface area contributed by atoms with Crippen molar-refractivity contribution < 1.29 is 39.8 Å². The molecule has 1 saturated carbocycles. The van der Waals surface area contributed by atoms with Crippen LogP contribution in [-0.4, -0.2) is 93.9 Å². The van der Waals surface area contributed by atoms with Crippen molar-refractivity contribution in [2.45, 2.75) is 211 Å². The van der Waals surface area contributed by atoms with E-state index < -0.39 is 48.6 Å². The highest BCUT2D eigenvalue weighted by Gasteiger charge is 2.43. The summed E-state index contributed by atoms with van der Waals surface area (Å²) in [6, 6.07) is 9.74. The second kappa shape index (κ2) is 30.6. The highest BCUT2D eigenvalue weighted by Crippen LogP contribution is 2.29. The molecule has 1 aliphatic carbocycles. The van der Waals surface area contributed by atoms with Gasteiger partial charge in [-0.15, -0.1) is 0 Å². The standard InChI is InChI=1S/C44H79NO8/c1-3-5-6-7-8-9-10-11-12-16-19-25-30-38(46)42(49)37(34-53-39-32-36(33-52-4-2)41(48)44(51)43(39)50)45-40(47)31-26-20-17-14-13-15-18-22-27-35-28-23-21-24-29-35/h21,23-24,28-29,36-39,41-44,46,48-51H,3-20,22,25-27,30-34H2,1-2H3,(H,45,47)/t36-,37+,38-,39+,41+,42+,43+,44+/m1/s1. The van der Waals surface area contributed by atoms with Crippen LogP contribution in [0.4, 0.5) is 0 Å². The van der Waals surface area contributed by atoms with Gasteiger partial charge in [-0.25, -0.2) is 0 Å². The predicted molar refractivity (Wildman–Crippen MR) is 214 cm³/mol. The minimum Gasteiger partial charge on any atom is -0.390 e. The van der Waals surface area contributed by atoms with Crippen molar-refractivity contribution >= 4 is 5.91 Å². The number of hydrogen-bond acceptors (Lipinski definition) is 8. The molecule has 2 rings (SSSR count). The maximum Gasteiger partial charge on any atom is 0.220 e. The van der Waals surface area contributed by atoms with Gasteiger partial charge in [0.25, 0.3) is 0 Å². The van der Waals surface area contributed by atoms with E-state index in [2.05, 4.69) is 42.6 Å². The van der Waals surface area contributed by atoms with E-state index in [1.165, 1.54) is 89.0 Å². The second-order valence-corrected chi connectivity index (χ2v) is 15.7. The zero-order valence-corrected chi connectivity index (χ0v) is 33.6. The fraction of sp³-hybridized carbons (Fsp3) is 0.841. The van der Waals surface area contributed by atoms with Gasteiger partial charge in [0.1, 0.15) is 18.3 Å². The summed E-state index contributed by atoms with van der Waals surface area (Å²) in [5, 5.41) is 56.8. The van der Waals surface area contributed by atoms with Gasteiger partial charge in [0.05, 0.1) is 37.6 Å². The smallest absolute Gasteiger partial charge is 0.220 e. The average molecular weight is 750 g/mol. The van der Waals surface area contributed by atoms with Crippen LogP contribution in [-0.2, 0) is 20.7 Å². The highest BCUT2D eigenvalue weighted by molar-refractivity contribution is 5.76. The minimum absolute atomic E-state index is 0.140. The van der Waals surface area contributed by atoms with Gasteiger partial charge < -0.3 is 40.3 Å². The van der Waals surface area contributed by atoms with Gasteiger partial charge in [-0.2, -0.15) is 0 Å². The van der Waals surface area contributed by atoms with Crippen molar-refractivity contribution in [3.05, 3.63) is 35.9 Å². The van der Waals surface area contributed by atoms with Crippen LogP contribution in [0.1, 0.15) is 167 Å². The first kappa shape index (κ1) is 47.6. The maximum atomic E-state index is 13.1. The van der Waals surface area contributed by atoms with Crippen LogP contribution in [0.5, 0.6) is 0 Å². The number of aliphatic hydroxyl groups is 5. The summed E-state index contributed by atoms with van der Waals surface area (Å²) in [6.07, 6.45) is 18.5. The Kier molecular flexibility index (Phi) is 27.5. The number of aryl methyl sites for hydroxylation is 1. The topological polar surface area (TPSA) is 149 Å². The van der Waals surface area contributed by atoms with Crippen molar-refractivity contribution in [3.63, 3.8) is 0 Å². The number of carbonyl (C=O) groups is 1. The van der Waals surface area contributed by atoms with Crippen LogP contribution in [0.15, 0.2) is 30.3 Å². The molecule has 6 N–H and O–H groups in total. The Morgan fingerprint density at radius 2 is 1.26 bits per heavy atom. The third-order valence-electron chi connectivity index (χ3n) is 11.1. The van der Waals surface area contributed by atoms with Crippen molar-refractivity contribution in [1.82, 2.24) is 5.32 Å². The molecule has 8 atom stereocenters. The van der Waals surface area contributed by atoms with E-state index in [0.717, 1.165) is 51.4 Å². The molecule has 0 saturated heterocycles. The Morgan fingerprint density at radius 1 is 0.717 bits per heavy atom. The molecule has 1 aliphatic rings. The molecule has 0 aliphatic heterocycles. The van der Waals surface area contributed by atoms with Crippen LogP contribution in [0.3, 0.4) is 0 Å². The van der Waals surface area contributed by atoms with Gasteiger partial charge in [0, 0.05) is 18.9 Å². The van der Waals surface area contributed by atoms with E-state index in [4.69, 9.17) is 9.47 Å². The van der Waals surface area contributed by atoms with Gasteiger partial charge in [-0.05, 0) is 44.6 Å². The Balaban J connectivity index is 1.76. The van der Waals surface area contributed by atoms with Crippen LogP contribution >= 0.6 is 0 Å². The molecule has 9 nitrogen and oxygen atoms in total. The largest absolute Gasteiger partial charge is 0.390 e. The van der Waals surface area contributed by atoms with Crippen LogP contribution in [0.25, 0.3) is 0 Å². The third-order valence-corrected chi connectivity index (χ3v) is 11.1. The molecule has 0 aromatic heterocycles. The Bertz CT molecular complexity index is 999. The summed E-state index contributed by atoms with van der Waals surface area (Å²) < 4.78 is 11.5. The van der Waals surface area contributed by atoms with Crippen LogP contribution < -0.4 is 5.32 Å². The quantitative estimate of drug-likeness (QED) is 0.0404. The number of rotatable bonds is 33. The molecule has 1 amide bonds. The van der Waals surface area contributed by atoms with Crippen LogP contribution in [0.2, 0.25) is 0 Å². The van der Waals surface area contributed by atoms with Gasteiger partial charge in [0.2, 0.25) is 5.91 Å². The summed E-state index contributed by atoms with van der Waals surface area (Å²) in [6.45, 7) is 4.63. The molecular weight excluding hydrogens is 670 g/mol. The number of ether oxygens (including phenoxy) is 2. The lowest BCUT2D eigenvalue weighted by molar-refractivity contribution is -0.184. The lowest BCUT2D eigenvalue weighted by Gasteiger charge is -2.41. The van der Waals surface area contributed by atoms with E-state index >= 15 is 0 Å². The second-order valence-electron chi connectivity index (χ2n) is 15.7. The van der Waals surface area contributed by atoms with E-state index in [-0.39, 0.29) is 25.5 Å². The number of unbranched alkanes of at least 4 members (excludes halogenated alkanes) is 18. The predicted octanol–water partition coefficient (Wildman–Crippen LogP) is 7.56. The summed E-state index contributed by atoms with van der Waals surface area (Å²) in [5.41, 5.74) is 1.40. The average Bonchev–Trinajstić information content (AvgIpc) is 3.16. The summed E-state index contributed by atoms with van der Waals surface area (Å²) in [5.74, 6) is -0.632. The lowest BCUT2D eigenvalue weighted by Crippen LogP contribution is -2.57. The molecule has 1 aromatic rings. The molecule has 0 radical (unpaired) electrons. The van der Waals surface area contributed by atoms with Crippen molar-refractivity contribution in [2.75, 3.05) is 19.8 Å². The van der Waals surface area contributed by atoms with Crippen LogP contribution in [0, 0.1) is 5.92 Å². The number of carbonyl (C=O) groups excluding carboxylic acids is 1. The van der Waals surface area contributed by atoms with E-state index in [9.17, 15) is 30.3 Å². The fourth-order valence-electron chi connectivity index (χ4n) is 7.57. The molecule has 0 bridgehead atoms. The van der Waals surface area contributed by atoms with Crippen molar-refractivity contribution in [3.8, 4) is 0 Å². The zero-order valence-electron chi connectivity index (χ0n) is 33.6. The molecule has 0 heterocycles. The Hall–Kier alpha value is -1.59. The van der Waals surface area contributed by atoms with Gasteiger partial charge in [0.15, 0.2) is 0 Å². The molecule has 308 valence electrons. The van der Waals surface area contributed by atoms with Crippen molar-refractivity contribution in [1.29, 1.82) is 0 Å². The first-order chi connectivity index (χ1) is 25.8. The molecular formula is C44H79NO8. The van der Waals surface area contributed by atoms with Gasteiger partial charge in [-0.3, -0.25) is 4.79 Å². The molecule has 53 heavy (non-hydrogen) atoms. The number of nitrogens with one attached hydrogen (secondary N) is 1. The Morgan fingerprint density at radius 3 is 1.85 bits per heavy atom. The summed E-state index contributed by atoms with van der Waals surface area (Å²) >= 11 is 0. The van der Waals surface area contributed by atoms with Gasteiger partial charge in [-0.1, -0.05) is 153 Å². The van der Waals surface area contributed by atoms with E-state index in [1.54, 1.807) is 0 Å². The monoisotopic (exact) mass is 750 g/mol. The fourth-order valence-corrected chi connectivity index (χ4v) is 7.57. The summed E-state index contributed by atoms with van der Waals surface area (Å²) in [4.78, 5) is 13.1. The number of amides is 1. The third kappa shape index (κ3) is 21.3. The molecule has 1 fully saturated rings. The van der Waals surface area contributed by atoms with E-state index in [1.807, 2.05) is 6.92 Å². The van der Waals surface area contributed by atoms with Crippen molar-refractivity contribution in [2.24, 2.45) is 5.92 Å². The molecule has 0 unspecified atom stereocenters. The number of hydrogen-bond donors (Lipinski definition) is 6. The number of benzene rings is 1. The molecule has 9 heteroatoms. The maximum absolute atomic E-state index is 13.1. The zero-order chi connectivity index (χ0) is 38.5. The first-order valence-electron chi connectivity index (χ1n) is 21.7. The number of aliphatic hydroxyl groups excluding tert-OH is 5. The normalized spacial score (nSPS) is 22.1. The SMILES string of the molecule is CCCCCCCCCCCCCC[C@@H](O)[C@@H](O)[C@H](CO[C@H]1C[C@H](COCC)[C@H](O)[C@H](O)[C@H]1O)NC(=O)CCCCCCCCCCc1ccccc1. The highest BCUT2D eigenvalue weighted by atomic mass is 16.5. The minimum atomic E-state index is -1.40. The Labute approximate surface area is 322 Å². The van der Waals surface area contributed by atoms with Gasteiger partial charge >= 0.3 is 0 Å². The lowest BCUT2D eigenvalue weighted by atomic mass is 9.81. The molecule has 0 spiro atoms.